The number of likely N-dealkylation sites (N-methyl/N-ethyl adjacent to an activating group) is 2. The maximum atomic E-state index is 12.0. The minimum absolute atomic E-state index is 0.163. The van der Waals surface area contributed by atoms with E-state index in [0.29, 0.717) is 12.2 Å². The van der Waals surface area contributed by atoms with E-state index >= 15 is 0 Å². The highest BCUT2D eigenvalue weighted by Gasteiger charge is 2.39. The number of H-pyrrole nitrogens is 1. The van der Waals surface area contributed by atoms with Crippen LogP contribution in [0.5, 0.6) is 0 Å². The zero-order valence-electron chi connectivity index (χ0n) is 11.6. The fourth-order valence-electron chi connectivity index (χ4n) is 2.72. The van der Waals surface area contributed by atoms with Gasteiger partial charge in [0.25, 0.3) is 0 Å². The lowest BCUT2D eigenvalue weighted by atomic mass is 9.75. The molecule has 0 aromatic carbocycles. The van der Waals surface area contributed by atoms with Gasteiger partial charge in [-0.3, -0.25) is 9.69 Å². The van der Waals surface area contributed by atoms with E-state index in [1.807, 2.05) is 19.2 Å². The van der Waals surface area contributed by atoms with Crippen LogP contribution >= 0.6 is 0 Å². The van der Waals surface area contributed by atoms with Crippen molar-refractivity contribution in [3.05, 3.63) is 24.0 Å². The number of carbonyl (C=O) groups excluding carboxylic acids is 1. The Bertz CT molecular complexity index is 393. The first kappa shape index (κ1) is 13.3. The minimum Gasteiger partial charge on any atom is -0.359 e. The molecule has 0 radical (unpaired) electrons. The van der Waals surface area contributed by atoms with Gasteiger partial charge >= 0.3 is 0 Å². The number of nitrogens with zero attached hydrogens (tertiary/aromatic N) is 2. The summed E-state index contributed by atoms with van der Waals surface area (Å²) in [7, 11) is 6.31. The number of nitrogens with one attached hydrogen (secondary N) is 1. The van der Waals surface area contributed by atoms with Crippen molar-refractivity contribution >= 4 is 5.78 Å². The Kier molecular flexibility index (Phi) is 3.88. The van der Waals surface area contributed by atoms with Gasteiger partial charge in [-0.05, 0) is 52.5 Å². The number of carbonyl (C=O) groups is 1. The molecule has 4 heteroatoms. The summed E-state index contributed by atoms with van der Waals surface area (Å²) in [6.07, 6.45) is 5.57. The monoisotopic (exact) mass is 249 g/mol. The van der Waals surface area contributed by atoms with Gasteiger partial charge in [0.2, 0.25) is 0 Å². The van der Waals surface area contributed by atoms with Gasteiger partial charge in [-0.1, -0.05) is 0 Å². The van der Waals surface area contributed by atoms with Gasteiger partial charge in [0.05, 0.1) is 12.2 Å². The second kappa shape index (κ2) is 5.24. The molecular weight excluding hydrogens is 226 g/mol. The zero-order valence-corrected chi connectivity index (χ0v) is 11.6. The van der Waals surface area contributed by atoms with Gasteiger partial charge in [-0.25, -0.2) is 0 Å². The van der Waals surface area contributed by atoms with Crippen LogP contribution in [0.2, 0.25) is 0 Å². The maximum absolute atomic E-state index is 12.0. The first-order valence-electron chi connectivity index (χ1n) is 6.56. The molecule has 0 unspecified atom stereocenters. The van der Waals surface area contributed by atoms with Crippen molar-refractivity contribution in [3.8, 4) is 0 Å². The third-order valence-electron chi connectivity index (χ3n) is 4.11. The van der Waals surface area contributed by atoms with Gasteiger partial charge in [-0.2, -0.15) is 0 Å². The second-order valence-corrected chi connectivity index (χ2v) is 5.65. The number of hydrogen-bond donors (Lipinski definition) is 1. The highest BCUT2D eigenvalue weighted by molar-refractivity contribution is 5.95. The predicted molar refractivity (Wildman–Crippen MR) is 72.9 cm³/mol. The first-order chi connectivity index (χ1) is 8.53. The molecule has 100 valence electrons. The summed E-state index contributed by atoms with van der Waals surface area (Å²) in [6, 6.07) is 3.70. The Labute approximate surface area is 109 Å². The number of Topliss-reactive ketones (excluding diaryl/α,β-unsaturated/α-hetero) is 1. The molecule has 0 spiro atoms. The van der Waals surface area contributed by atoms with E-state index in [2.05, 4.69) is 28.9 Å². The Morgan fingerprint density at radius 2 is 2.11 bits per heavy atom. The van der Waals surface area contributed by atoms with E-state index in [1.165, 1.54) is 19.3 Å². The summed E-state index contributed by atoms with van der Waals surface area (Å²) in [5, 5.41) is 0. The number of rotatable bonds is 6. The van der Waals surface area contributed by atoms with Crippen LogP contribution < -0.4 is 0 Å². The van der Waals surface area contributed by atoms with E-state index < -0.39 is 0 Å². The first-order valence-corrected chi connectivity index (χ1v) is 6.56. The Balaban J connectivity index is 1.89. The molecule has 0 bridgehead atoms. The van der Waals surface area contributed by atoms with Gasteiger partial charge in [0.1, 0.15) is 0 Å². The van der Waals surface area contributed by atoms with Gasteiger partial charge in [0.15, 0.2) is 5.78 Å². The number of aromatic amines is 1. The largest absolute Gasteiger partial charge is 0.359 e. The van der Waals surface area contributed by atoms with Crippen LogP contribution in [0.3, 0.4) is 0 Å². The van der Waals surface area contributed by atoms with Gasteiger partial charge in [0, 0.05) is 18.3 Å². The highest BCUT2D eigenvalue weighted by Crippen LogP contribution is 2.36. The van der Waals surface area contributed by atoms with Crippen LogP contribution in [0, 0.1) is 0 Å². The van der Waals surface area contributed by atoms with Crippen molar-refractivity contribution in [2.75, 3.05) is 34.2 Å². The van der Waals surface area contributed by atoms with Crippen LogP contribution in [0.25, 0.3) is 0 Å². The molecule has 0 saturated heterocycles. The van der Waals surface area contributed by atoms with Crippen molar-refractivity contribution < 1.29 is 4.79 Å². The maximum Gasteiger partial charge on any atom is 0.192 e. The fraction of sp³-hybridized carbons (Fsp3) is 0.643. The average molecular weight is 249 g/mol. The molecule has 1 N–H and O–H groups in total. The molecule has 1 saturated carbocycles. The second-order valence-electron chi connectivity index (χ2n) is 5.65. The molecule has 1 aliphatic carbocycles. The van der Waals surface area contributed by atoms with Crippen LogP contribution in [0.1, 0.15) is 29.8 Å². The van der Waals surface area contributed by atoms with Crippen molar-refractivity contribution in [1.82, 2.24) is 14.8 Å². The van der Waals surface area contributed by atoms with Crippen molar-refractivity contribution in [1.29, 1.82) is 0 Å². The number of ketones is 1. The van der Waals surface area contributed by atoms with Crippen LogP contribution in [-0.4, -0.2) is 60.3 Å². The summed E-state index contributed by atoms with van der Waals surface area (Å²) < 4.78 is 0. The molecule has 1 fully saturated rings. The van der Waals surface area contributed by atoms with Crippen LogP contribution in [0.4, 0.5) is 0 Å². The fourth-order valence-corrected chi connectivity index (χ4v) is 2.72. The number of aromatic nitrogens is 1. The van der Waals surface area contributed by atoms with Crippen LogP contribution in [0.15, 0.2) is 18.3 Å². The lowest BCUT2D eigenvalue weighted by Crippen LogP contribution is -2.57. The summed E-state index contributed by atoms with van der Waals surface area (Å²) in [5.74, 6) is 0.163. The molecule has 2 rings (SSSR count). The zero-order chi connectivity index (χ0) is 13.2. The quantitative estimate of drug-likeness (QED) is 0.779. The molecule has 0 amide bonds. The van der Waals surface area contributed by atoms with E-state index in [4.69, 9.17) is 0 Å². The predicted octanol–water partition coefficient (Wildman–Crippen LogP) is 1.61. The Morgan fingerprint density at radius 3 is 2.56 bits per heavy atom. The standard InChI is InChI=1S/C14H23N3O/c1-16(2)14(7-5-8-14)11-17(3)10-13(18)12-6-4-9-15-12/h4,6,9,15H,5,7-8,10-11H2,1-3H3. The van der Waals surface area contributed by atoms with E-state index in [9.17, 15) is 4.79 Å². The topological polar surface area (TPSA) is 39.3 Å². The molecular formula is C14H23N3O. The van der Waals surface area contributed by atoms with Gasteiger partial charge in [-0.15, -0.1) is 0 Å². The summed E-state index contributed by atoms with van der Waals surface area (Å²) in [4.78, 5) is 19.4. The highest BCUT2D eigenvalue weighted by atomic mass is 16.1. The normalized spacial score (nSPS) is 18.1. The molecule has 1 aliphatic rings. The lowest BCUT2D eigenvalue weighted by molar-refractivity contribution is 0.0280. The Hall–Kier alpha value is -1.13. The summed E-state index contributed by atoms with van der Waals surface area (Å²) in [6.45, 7) is 1.45. The van der Waals surface area contributed by atoms with E-state index in [-0.39, 0.29) is 11.3 Å². The van der Waals surface area contributed by atoms with E-state index in [1.54, 1.807) is 6.20 Å². The number of hydrogen-bond acceptors (Lipinski definition) is 3. The van der Waals surface area contributed by atoms with Crippen molar-refractivity contribution in [3.63, 3.8) is 0 Å². The average Bonchev–Trinajstić information content (AvgIpc) is 2.76. The molecule has 1 aromatic rings. The lowest BCUT2D eigenvalue weighted by Gasteiger charge is -2.49. The third-order valence-corrected chi connectivity index (χ3v) is 4.11. The third kappa shape index (κ3) is 2.65. The summed E-state index contributed by atoms with van der Waals surface area (Å²) in [5.41, 5.74) is 0.986. The Morgan fingerprint density at radius 1 is 1.39 bits per heavy atom. The molecule has 0 atom stereocenters. The molecule has 1 heterocycles. The minimum atomic E-state index is 0.163. The van der Waals surface area contributed by atoms with E-state index in [0.717, 1.165) is 6.54 Å². The van der Waals surface area contributed by atoms with Crippen molar-refractivity contribution in [2.45, 2.75) is 24.8 Å². The molecule has 4 nitrogen and oxygen atoms in total. The summed E-state index contributed by atoms with van der Waals surface area (Å²) >= 11 is 0. The molecule has 1 aromatic heterocycles. The SMILES string of the molecule is CN(CC(=O)c1ccc[nH]1)CC1(N(C)C)CCC1. The van der Waals surface area contributed by atoms with Crippen LogP contribution in [-0.2, 0) is 0 Å². The van der Waals surface area contributed by atoms with Crippen molar-refractivity contribution in [2.24, 2.45) is 0 Å². The molecule has 0 aliphatic heterocycles. The van der Waals surface area contributed by atoms with Gasteiger partial charge < -0.3 is 9.88 Å². The smallest absolute Gasteiger partial charge is 0.192 e. The molecule has 18 heavy (non-hydrogen) atoms.